The molecule has 6 rings (SSSR count). The van der Waals surface area contributed by atoms with Crippen LogP contribution in [0.2, 0.25) is 0 Å². The van der Waals surface area contributed by atoms with E-state index in [2.05, 4.69) is 20.5 Å². The van der Waals surface area contributed by atoms with E-state index in [9.17, 15) is 4.79 Å². The van der Waals surface area contributed by atoms with Crippen LogP contribution in [0, 0.1) is 17.8 Å². The van der Waals surface area contributed by atoms with Crippen molar-refractivity contribution >= 4 is 22.4 Å². The Morgan fingerprint density at radius 2 is 1.85 bits per heavy atom. The molecule has 0 aromatic carbocycles. The van der Waals surface area contributed by atoms with Crippen LogP contribution < -0.4 is 5.32 Å². The summed E-state index contributed by atoms with van der Waals surface area (Å²) in [7, 11) is 0. The van der Waals surface area contributed by atoms with Crippen molar-refractivity contribution in [3.63, 3.8) is 0 Å². The Kier molecular flexibility index (Phi) is 4.46. The molecule has 2 aromatic heterocycles. The number of rotatable bonds is 6. The number of hydrogen-bond acceptors (Lipinski definition) is 5. The summed E-state index contributed by atoms with van der Waals surface area (Å²) >= 11 is 1.61. The van der Waals surface area contributed by atoms with E-state index in [0.717, 1.165) is 36.3 Å². The van der Waals surface area contributed by atoms with Gasteiger partial charge in [0, 0.05) is 23.7 Å². The molecule has 142 valence electrons. The van der Waals surface area contributed by atoms with Gasteiger partial charge in [0.05, 0.1) is 0 Å². The summed E-state index contributed by atoms with van der Waals surface area (Å²) in [6.45, 7) is 0. The van der Waals surface area contributed by atoms with Gasteiger partial charge in [-0.15, -0.1) is 10.2 Å². The van der Waals surface area contributed by atoms with Crippen molar-refractivity contribution in [1.29, 1.82) is 0 Å². The molecule has 4 aliphatic rings. The number of carbonyl (C=O) groups excluding carboxylic acids is 1. The summed E-state index contributed by atoms with van der Waals surface area (Å²) in [6.07, 6.45) is 12.0. The van der Waals surface area contributed by atoms with Crippen LogP contribution in [0.15, 0.2) is 24.4 Å². The fourth-order valence-corrected chi connectivity index (χ4v) is 7.00. The van der Waals surface area contributed by atoms with E-state index >= 15 is 0 Å². The van der Waals surface area contributed by atoms with E-state index in [4.69, 9.17) is 0 Å². The predicted molar refractivity (Wildman–Crippen MR) is 106 cm³/mol. The largest absolute Gasteiger partial charge is 0.301 e. The molecule has 4 bridgehead atoms. The quantitative estimate of drug-likeness (QED) is 0.806. The summed E-state index contributed by atoms with van der Waals surface area (Å²) in [5, 5.41) is 13.6. The van der Waals surface area contributed by atoms with Crippen LogP contribution >= 0.6 is 11.3 Å². The fraction of sp³-hybridized carbons (Fsp3) is 0.619. The molecule has 4 fully saturated rings. The minimum Gasteiger partial charge on any atom is -0.301 e. The standard InChI is InChI=1S/C21H26N4OS/c26-18(6-3-5-17-4-1-2-7-22-17)23-20-25-24-19(27-20)21-11-14-8-15(12-21)10-16(9-14)13-21/h1-2,4,7,14-16H,3,5-6,8-13H2,(H,23,25,26). The van der Waals surface area contributed by atoms with E-state index < -0.39 is 0 Å². The summed E-state index contributed by atoms with van der Waals surface area (Å²) in [6, 6.07) is 5.89. The first kappa shape index (κ1) is 17.3. The highest BCUT2D eigenvalue weighted by Gasteiger charge is 2.53. The molecule has 4 aliphatic carbocycles. The number of hydrogen-bond donors (Lipinski definition) is 1. The average Bonchev–Trinajstić information content (AvgIpc) is 3.11. The van der Waals surface area contributed by atoms with Crippen molar-refractivity contribution in [1.82, 2.24) is 15.2 Å². The monoisotopic (exact) mass is 382 g/mol. The SMILES string of the molecule is O=C(CCCc1ccccn1)Nc1nnc(C23CC4CC(CC(C4)C2)C3)s1. The zero-order chi connectivity index (χ0) is 18.3. The third kappa shape index (κ3) is 3.51. The smallest absolute Gasteiger partial charge is 0.226 e. The number of aryl methyl sites for hydroxylation is 1. The van der Waals surface area contributed by atoms with Crippen molar-refractivity contribution in [2.45, 2.75) is 63.2 Å². The predicted octanol–water partition coefficient (Wildman–Crippen LogP) is 4.36. The highest BCUT2D eigenvalue weighted by molar-refractivity contribution is 7.15. The molecule has 4 saturated carbocycles. The van der Waals surface area contributed by atoms with Crippen molar-refractivity contribution < 1.29 is 4.79 Å². The Morgan fingerprint density at radius 3 is 2.52 bits per heavy atom. The van der Waals surface area contributed by atoms with Gasteiger partial charge in [0.25, 0.3) is 0 Å². The average molecular weight is 383 g/mol. The van der Waals surface area contributed by atoms with Gasteiger partial charge in [0.2, 0.25) is 11.0 Å². The molecule has 0 saturated heterocycles. The topological polar surface area (TPSA) is 67.8 Å². The highest BCUT2D eigenvalue weighted by atomic mass is 32.1. The number of anilines is 1. The van der Waals surface area contributed by atoms with Gasteiger partial charge in [0.15, 0.2) is 0 Å². The lowest BCUT2D eigenvalue weighted by Crippen LogP contribution is -2.48. The van der Waals surface area contributed by atoms with E-state index in [1.54, 1.807) is 17.5 Å². The van der Waals surface area contributed by atoms with Crippen molar-refractivity contribution in [2.24, 2.45) is 17.8 Å². The second-order valence-corrected chi connectivity index (χ2v) is 9.81. The third-order valence-corrected chi connectivity index (χ3v) is 7.81. The first-order valence-electron chi connectivity index (χ1n) is 10.2. The van der Waals surface area contributed by atoms with Crippen molar-refractivity contribution in [3.05, 3.63) is 35.1 Å². The molecule has 27 heavy (non-hydrogen) atoms. The number of carbonyl (C=O) groups is 1. The maximum Gasteiger partial charge on any atom is 0.226 e. The zero-order valence-corrected chi connectivity index (χ0v) is 16.4. The lowest BCUT2D eigenvalue weighted by molar-refractivity contribution is -0.116. The van der Waals surface area contributed by atoms with Gasteiger partial charge in [-0.3, -0.25) is 9.78 Å². The summed E-state index contributed by atoms with van der Waals surface area (Å²) in [5.41, 5.74) is 1.29. The normalized spacial score (nSPS) is 31.2. The van der Waals surface area contributed by atoms with E-state index in [0.29, 0.717) is 11.6 Å². The van der Waals surface area contributed by atoms with Gasteiger partial charge in [0.1, 0.15) is 5.01 Å². The Labute approximate surface area is 164 Å². The van der Waals surface area contributed by atoms with Gasteiger partial charge < -0.3 is 5.32 Å². The maximum absolute atomic E-state index is 12.3. The van der Waals surface area contributed by atoms with Crippen molar-refractivity contribution in [2.75, 3.05) is 5.32 Å². The molecule has 0 unspecified atom stereocenters. The second kappa shape index (κ2) is 6.97. The number of amides is 1. The fourth-order valence-electron chi connectivity index (χ4n) is 6.02. The van der Waals surface area contributed by atoms with Crippen LogP contribution in [0.3, 0.4) is 0 Å². The number of aromatic nitrogens is 3. The molecule has 6 heteroatoms. The van der Waals surface area contributed by atoms with E-state index in [1.807, 2.05) is 18.2 Å². The Morgan fingerprint density at radius 1 is 1.11 bits per heavy atom. The molecule has 0 atom stereocenters. The zero-order valence-electron chi connectivity index (χ0n) is 15.6. The molecule has 2 aromatic rings. The van der Waals surface area contributed by atoms with Crippen LogP contribution in [0.4, 0.5) is 5.13 Å². The van der Waals surface area contributed by atoms with Gasteiger partial charge in [-0.05, 0) is 81.3 Å². The van der Waals surface area contributed by atoms with Crippen LogP contribution in [0.1, 0.15) is 62.1 Å². The molecular formula is C21H26N4OS. The molecule has 1 N–H and O–H groups in total. The first-order chi connectivity index (χ1) is 13.2. The number of nitrogens with zero attached hydrogens (tertiary/aromatic N) is 3. The minimum absolute atomic E-state index is 0.0270. The van der Waals surface area contributed by atoms with Gasteiger partial charge in [-0.2, -0.15) is 0 Å². The van der Waals surface area contributed by atoms with E-state index in [1.165, 1.54) is 43.5 Å². The molecule has 5 nitrogen and oxygen atoms in total. The molecule has 2 heterocycles. The maximum atomic E-state index is 12.3. The van der Waals surface area contributed by atoms with Crippen LogP contribution in [-0.2, 0) is 16.6 Å². The minimum atomic E-state index is 0.0270. The Balaban J connectivity index is 1.18. The summed E-state index contributed by atoms with van der Waals surface area (Å²) < 4.78 is 0. The van der Waals surface area contributed by atoms with Crippen molar-refractivity contribution in [3.8, 4) is 0 Å². The van der Waals surface area contributed by atoms with Crippen LogP contribution in [0.25, 0.3) is 0 Å². The number of nitrogens with one attached hydrogen (secondary N) is 1. The summed E-state index contributed by atoms with van der Waals surface area (Å²) in [5.74, 6) is 2.71. The lowest BCUT2D eigenvalue weighted by atomic mass is 9.50. The Bertz CT molecular complexity index is 783. The molecule has 0 aliphatic heterocycles. The Hall–Kier alpha value is -1.82. The van der Waals surface area contributed by atoms with Gasteiger partial charge in [-0.1, -0.05) is 17.4 Å². The summed E-state index contributed by atoms with van der Waals surface area (Å²) in [4.78, 5) is 16.6. The van der Waals surface area contributed by atoms with Gasteiger partial charge >= 0.3 is 0 Å². The van der Waals surface area contributed by atoms with Crippen LogP contribution in [0.5, 0.6) is 0 Å². The highest BCUT2D eigenvalue weighted by Crippen LogP contribution is 2.61. The van der Waals surface area contributed by atoms with Gasteiger partial charge in [-0.25, -0.2) is 0 Å². The molecular weight excluding hydrogens is 356 g/mol. The molecule has 0 spiro atoms. The van der Waals surface area contributed by atoms with Crippen LogP contribution in [-0.4, -0.2) is 21.1 Å². The second-order valence-electron chi connectivity index (χ2n) is 8.83. The third-order valence-electron chi connectivity index (χ3n) is 6.73. The number of pyridine rings is 1. The first-order valence-corrected chi connectivity index (χ1v) is 11.0. The lowest BCUT2D eigenvalue weighted by Gasteiger charge is -2.55. The van der Waals surface area contributed by atoms with E-state index in [-0.39, 0.29) is 11.3 Å². The molecule has 1 amide bonds. The molecule has 0 radical (unpaired) electrons.